The molecular formula is C22H18N4O2S. The van der Waals surface area contributed by atoms with Crippen molar-refractivity contribution >= 4 is 18.0 Å². The van der Waals surface area contributed by atoms with Crippen molar-refractivity contribution in [2.24, 2.45) is 5.10 Å². The number of thioether (sulfide) groups is 1. The van der Waals surface area contributed by atoms with Gasteiger partial charge >= 0.3 is 0 Å². The fourth-order valence-corrected chi connectivity index (χ4v) is 3.55. The van der Waals surface area contributed by atoms with Crippen LogP contribution in [0, 0.1) is 0 Å². The monoisotopic (exact) mass is 402 g/mol. The third-order valence-corrected chi connectivity index (χ3v) is 5.17. The number of aromatic nitrogens is 3. The van der Waals surface area contributed by atoms with Crippen LogP contribution < -0.4 is 0 Å². The minimum Gasteiger partial charge on any atom is -0.508 e. The molecule has 7 heteroatoms. The lowest BCUT2D eigenvalue weighted by atomic mass is 10.2. The van der Waals surface area contributed by atoms with Crippen LogP contribution in [-0.4, -0.2) is 31.3 Å². The standard InChI is InChI=1S/C22H18N4O2S/c27-19-12-11-18(20(28)13-19)14-23-26-21(17-9-5-2-6-10-17)24-25-22(26)29-15-16-7-3-1-4-8-16/h1-14,27-28H,15H2/b23-14+. The summed E-state index contributed by atoms with van der Waals surface area (Å²) in [5, 5.41) is 33.3. The average Bonchev–Trinajstić information content (AvgIpc) is 3.16. The van der Waals surface area contributed by atoms with Crippen LogP contribution in [0.25, 0.3) is 11.4 Å². The average molecular weight is 402 g/mol. The molecule has 0 radical (unpaired) electrons. The summed E-state index contributed by atoms with van der Waals surface area (Å²) in [6, 6.07) is 24.2. The predicted octanol–water partition coefficient (Wildman–Crippen LogP) is 4.53. The Morgan fingerprint density at radius 1 is 0.897 bits per heavy atom. The van der Waals surface area contributed by atoms with E-state index in [2.05, 4.69) is 27.4 Å². The maximum atomic E-state index is 10.0. The van der Waals surface area contributed by atoms with Crippen LogP contribution in [0.3, 0.4) is 0 Å². The molecule has 0 saturated heterocycles. The van der Waals surface area contributed by atoms with E-state index >= 15 is 0 Å². The van der Waals surface area contributed by atoms with Crippen molar-refractivity contribution in [3.8, 4) is 22.9 Å². The normalized spacial score (nSPS) is 11.2. The highest BCUT2D eigenvalue weighted by Gasteiger charge is 2.14. The molecule has 4 aromatic rings. The van der Waals surface area contributed by atoms with Crippen molar-refractivity contribution in [2.45, 2.75) is 10.9 Å². The Bertz CT molecular complexity index is 1130. The third kappa shape index (κ3) is 4.47. The molecule has 0 fully saturated rings. The van der Waals surface area contributed by atoms with E-state index in [1.807, 2.05) is 48.5 Å². The van der Waals surface area contributed by atoms with E-state index in [0.717, 1.165) is 11.3 Å². The maximum absolute atomic E-state index is 10.0. The number of rotatable bonds is 6. The second-order valence-corrected chi connectivity index (χ2v) is 7.19. The highest BCUT2D eigenvalue weighted by molar-refractivity contribution is 7.98. The van der Waals surface area contributed by atoms with Crippen molar-refractivity contribution in [1.29, 1.82) is 0 Å². The van der Waals surface area contributed by atoms with Crippen molar-refractivity contribution in [1.82, 2.24) is 14.9 Å². The Labute approximate surface area is 172 Å². The number of phenolic OH excluding ortho intramolecular Hbond substituents is 2. The van der Waals surface area contributed by atoms with E-state index in [0.29, 0.717) is 16.5 Å². The van der Waals surface area contributed by atoms with E-state index in [1.165, 1.54) is 35.7 Å². The number of phenols is 2. The van der Waals surface area contributed by atoms with Crippen LogP contribution in [0.1, 0.15) is 11.1 Å². The number of benzene rings is 3. The highest BCUT2D eigenvalue weighted by Crippen LogP contribution is 2.27. The molecule has 0 unspecified atom stereocenters. The fraction of sp³-hybridized carbons (Fsp3) is 0.0455. The Morgan fingerprint density at radius 2 is 1.62 bits per heavy atom. The lowest BCUT2D eigenvalue weighted by molar-refractivity contribution is 0.450. The second-order valence-electron chi connectivity index (χ2n) is 6.25. The van der Waals surface area contributed by atoms with Gasteiger partial charge in [0.2, 0.25) is 5.16 Å². The van der Waals surface area contributed by atoms with Crippen LogP contribution >= 0.6 is 11.8 Å². The first-order chi connectivity index (χ1) is 14.2. The summed E-state index contributed by atoms with van der Waals surface area (Å²) in [5.74, 6) is 1.28. The van der Waals surface area contributed by atoms with Crippen LogP contribution in [-0.2, 0) is 5.75 Å². The zero-order valence-electron chi connectivity index (χ0n) is 15.4. The first-order valence-corrected chi connectivity index (χ1v) is 9.93. The van der Waals surface area contributed by atoms with Gasteiger partial charge in [-0.05, 0) is 17.7 Å². The summed E-state index contributed by atoms with van der Waals surface area (Å²) < 4.78 is 1.66. The van der Waals surface area contributed by atoms with E-state index in [1.54, 1.807) is 10.7 Å². The van der Waals surface area contributed by atoms with Gasteiger partial charge < -0.3 is 10.2 Å². The van der Waals surface area contributed by atoms with Gasteiger partial charge in [0.25, 0.3) is 0 Å². The first-order valence-electron chi connectivity index (χ1n) is 8.94. The molecule has 0 aliphatic carbocycles. The third-order valence-electron chi connectivity index (χ3n) is 4.18. The Morgan fingerprint density at radius 3 is 2.34 bits per heavy atom. The molecule has 2 N–H and O–H groups in total. The molecule has 0 bridgehead atoms. The summed E-state index contributed by atoms with van der Waals surface area (Å²) in [7, 11) is 0. The number of hydrogen-bond acceptors (Lipinski definition) is 6. The summed E-state index contributed by atoms with van der Waals surface area (Å²) in [4.78, 5) is 0. The minimum atomic E-state index is -0.0541. The van der Waals surface area contributed by atoms with Crippen molar-refractivity contribution in [3.05, 3.63) is 90.0 Å². The topological polar surface area (TPSA) is 83.5 Å². The molecular weight excluding hydrogens is 384 g/mol. The summed E-state index contributed by atoms with van der Waals surface area (Å²) in [6.07, 6.45) is 1.52. The zero-order chi connectivity index (χ0) is 20.1. The van der Waals surface area contributed by atoms with Gasteiger partial charge in [0, 0.05) is 22.9 Å². The molecule has 0 atom stereocenters. The Hall–Kier alpha value is -3.58. The van der Waals surface area contributed by atoms with Crippen LogP contribution in [0.4, 0.5) is 0 Å². The van der Waals surface area contributed by atoms with E-state index in [9.17, 15) is 10.2 Å². The summed E-state index contributed by atoms with van der Waals surface area (Å²) in [6.45, 7) is 0. The zero-order valence-corrected chi connectivity index (χ0v) is 16.2. The lowest BCUT2D eigenvalue weighted by Crippen LogP contribution is -1.97. The number of hydrogen-bond donors (Lipinski definition) is 2. The van der Waals surface area contributed by atoms with E-state index < -0.39 is 0 Å². The fourth-order valence-electron chi connectivity index (χ4n) is 2.71. The van der Waals surface area contributed by atoms with Gasteiger partial charge in [-0.2, -0.15) is 9.78 Å². The van der Waals surface area contributed by atoms with Crippen molar-refractivity contribution in [2.75, 3.05) is 0 Å². The van der Waals surface area contributed by atoms with Crippen LogP contribution in [0.15, 0.2) is 89.1 Å². The summed E-state index contributed by atoms with van der Waals surface area (Å²) in [5.41, 5.74) is 2.54. The molecule has 0 saturated carbocycles. The molecule has 0 aliphatic rings. The van der Waals surface area contributed by atoms with E-state index in [4.69, 9.17) is 0 Å². The van der Waals surface area contributed by atoms with Crippen LogP contribution in [0.5, 0.6) is 11.5 Å². The van der Waals surface area contributed by atoms with Crippen molar-refractivity contribution < 1.29 is 10.2 Å². The second kappa shape index (κ2) is 8.62. The largest absolute Gasteiger partial charge is 0.508 e. The van der Waals surface area contributed by atoms with Gasteiger partial charge in [0.1, 0.15) is 11.5 Å². The van der Waals surface area contributed by atoms with Gasteiger partial charge in [-0.1, -0.05) is 72.4 Å². The Balaban J connectivity index is 1.68. The van der Waals surface area contributed by atoms with Crippen LogP contribution in [0.2, 0.25) is 0 Å². The molecule has 3 aromatic carbocycles. The first kappa shape index (κ1) is 18.8. The van der Waals surface area contributed by atoms with Gasteiger partial charge in [0.15, 0.2) is 5.82 Å². The van der Waals surface area contributed by atoms with Gasteiger partial charge in [-0.25, -0.2) is 0 Å². The highest BCUT2D eigenvalue weighted by atomic mass is 32.2. The molecule has 0 spiro atoms. The molecule has 0 amide bonds. The molecule has 0 aliphatic heterocycles. The molecule has 1 heterocycles. The van der Waals surface area contributed by atoms with Crippen molar-refractivity contribution in [3.63, 3.8) is 0 Å². The summed E-state index contributed by atoms with van der Waals surface area (Å²) >= 11 is 1.53. The quantitative estimate of drug-likeness (QED) is 0.366. The molecule has 1 aromatic heterocycles. The maximum Gasteiger partial charge on any atom is 0.212 e. The minimum absolute atomic E-state index is 0.00646. The van der Waals surface area contributed by atoms with Gasteiger partial charge in [-0.15, -0.1) is 10.2 Å². The SMILES string of the molecule is Oc1ccc(/C=N/n2c(SCc3ccccc3)nnc2-c2ccccc2)c(O)c1. The lowest BCUT2D eigenvalue weighted by Gasteiger charge is -2.05. The molecule has 29 heavy (non-hydrogen) atoms. The molecule has 144 valence electrons. The number of nitrogens with zero attached hydrogens (tertiary/aromatic N) is 4. The predicted molar refractivity (Wildman–Crippen MR) is 114 cm³/mol. The van der Waals surface area contributed by atoms with Gasteiger partial charge in [-0.3, -0.25) is 0 Å². The molecule has 6 nitrogen and oxygen atoms in total. The van der Waals surface area contributed by atoms with Gasteiger partial charge in [0.05, 0.1) is 6.21 Å². The van der Waals surface area contributed by atoms with E-state index in [-0.39, 0.29) is 11.5 Å². The number of aromatic hydroxyl groups is 2. The smallest absolute Gasteiger partial charge is 0.212 e. The Kier molecular flexibility index (Phi) is 5.58. The molecule has 4 rings (SSSR count).